The Morgan fingerprint density at radius 3 is 2.41 bits per heavy atom. The molecule has 44 heavy (non-hydrogen) atoms. The molecule has 0 spiro atoms. The molecule has 1 amide bonds. The van der Waals surface area contributed by atoms with Crippen molar-refractivity contribution in [3.05, 3.63) is 52.7 Å². The number of amides is 1. The number of benzene rings is 2. The van der Waals surface area contributed by atoms with Gasteiger partial charge >= 0.3 is 0 Å². The van der Waals surface area contributed by atoms with Crippen molar-refractivity contribution in [3.63, 3.8) is 0 Å². The van der Waals surface area contributed by atoms with Crippen molar-refractivity contribution in [1.29, 1.82) is 0 Å². The number of carbonyl (C=O) groups is 1. The molecule has 0 aliphatic carbocycles. The third kappa shape index (κ3) is 8.21. The van der Waals surface area contributed by atoms with Gasteiger partial charge in [-0.2, -0.15) is 0 Å². The van der Waals surface area contributed by atoms with Crippen LogP contribution in [0.25, 0.3) is 22.5 Å². The lowest BCUT2D eigenvalue weighted by molar-refractivity contribution is 0.0947. The van der Waals surface area contributed by atoms with E-state index in [0.717, 1.165) is 87.2 Å². The van der Waals surface area contributed by atoms with E-state index in [2.05, 4.69) is 67.3 Å². The van der Waals surface area contributed by atoms with Gasteiger partial charge in [-0.15, -0.1) is 0 Å². The Kier molecular flexibility index (Phi) is 12.7. The maximum Gasteiger partial charge on any atom is 0.274 e. The number of ether oxygens (including phenoxy) is 3. The molecule has 1 aliphatic rings. The van der Waals surface area contributed by atoms with Crippen molar-refractivity contribution in [1.82, 2.24) is 15.4 Å². The van der Waals surface area contributed by atoms with E-state index in [0.29, 0.717) is 36.8 Å². The van der Waals surface area contributed by atoms with Crippen LogP contribution in [0, 0.1) is 0 Å². The van der Waals surface area contributed by atoms with Gasteiger partial charge in [0.05, 0.1) is 24.3 Å². The van der Waals surface area contributed by atoms with Gasteiger partial charge in [0.15, 0.2) is 11.5 Å². The van der Waals surface area contributed by atoms with Crippen LogP contribution in [0.1, 0.15) is 99.8 Å². The van der Waals surface area contributed by atoms with Crippen molar-refractivity contribution < 1.29 is 23.5 Å². The molecule has 0 radical (unpaired) electrons. The van der Waals surface area contributed by atoms with Gasteiger partial charge in [0.1, 0.15) is 11.5 Å². The predicted molar refractivity (Wildman–Crippen MR) is 176 cm³/mol. The average molecular weight is 606 g/mol. The molecule has 4 rings (SSSR count). The van der Waals surface area contributed by atoms with Crippen molar-refractivity contribution in [2.24, 2.45) is 0 Å². The Balaban J connectivity index is 1.81. The van der Waals surface area contributed by atoms with Crippen LogP contribution in [0.3, 0.4) is 0 Å². The lowest BCUT2D eigenvalue weighted by atomic mass is 9.91. The summed E-state index contributed by atoms with van der Waals surface area (Å²) in [7, 11) is 1.75. The average Bonchev–Trinajstić information content (AvgIpc) is 3.46. The molecule has 1 aliphatic heterocycles. The zero-order chi connectivity index (χ0) is 31.5. The van der Waals surface area contributed by atoms with Gasteiger partial charge < -0.3 is 24.1 Å². The number of nitrogens with one attached hydrogen (secondary N) is 1. The van der Waals surface area contributed by atoms with Crippen LogP contribution in [-0.2, 0) is 17.7 Å². The standard InChI is InChI=1S/C36H51N3O5/c1-7-10-19-42-31-23-32(43-20-11-8-2)30(22-29(31)25(4)5)35-33(34(38-44-35)36(40)37-9-3)27-13-14-28-24-39(16-12-18-41-6)17-15-26(28)21-27/h13-14,21-23,25H,7-12,15-20,24H2,1-6H3,(H,37,40). The summed E-state index contributed by atoms with van der Waals surface area (Å²) in [6, 6.07) is 10.6. The number of methoxy groups -OCH3 is 1. The Hall–Kier alpha value is -3.36. The highest BCUT2D eigenvalue weighted by Gasteiger charge is 2.29. The second kappa shape index (κ2) is 16.6. The number of hydrogen-bond donors (Lipinski definition) is 1. The highest BCUT2D eigenvalue weighted by molar-refractivity contribution is 6.02. The molecule has 8 nitrogen and oxygen atoms in total. The number of rotatable bonds is 17. The van der Waals surface area contributed by atoms with E-state index in [1.165, 1.54) is 11.1 Å². The summed E-state index contributed by atoms with van der Waals surface area (Å²) in [5.74, 6) is 2.00. The van der Waals surface area contributed by atoms with Gasteiger partial charge in [-0.1, -0.05) is 63.9 Å². The fourth-order valence-corrected chi connectivity index (χ4v) is 5.64. The molecule has 2 aromatic carbocycles. The summed E-state index contributed by atoms with van der Waals surface area (Å²) in [6.45, 7) is 15.9. The van der Waals surface area contributed by atoms with Crippen LogP contribution >= 0.6 is 0 Å². The number of carbonyl (C=O) groups excluding carboxylic acids is 1. The van der Waals surface area contributed by atoms with Crippen LogP contribution < -0.4 is 14.8 Å². The topological polar surface area (TPSA) is 86.1 Å². The largest absolute Gasteiger partial charge is 0.493 e. The predicted octanol–water partition coefficient (Wildman–Crippen LogP) is 7.63. The molecule has 8 heteroatoms. The Labute approximate surface area is 263 Å². The van der Waals surface area contributed by atoms with Crippen LogP contribution in [0.5, 0.6) is 11.5 Å². The number of unbranched alkanes of at least 4 members (excludes halogenated alkanes) is 2. The third-order valence-corrected chi connectivity index (χ3v) is 8.14. The summed E-state index contributed by atoms with van der Waals surface area (Å²) < 4.78 is 24.0. The number of nitrogens with zero attached hydrogens (tertiary/aromatic N) is 2. The molecule has 0 saturated heterocycles. The van der Waals surface area contributed by atoms with Gasteiger partial charge in [0, 0.05) is 46.0 Å². The van der Waals surface area contributed by atoms with Crippen molar-refractivity contribution in [2.75, 3.05) is 46.6 Å². The Morgan fingerprint density at radius 1 is 0.977 bits per heavy atom. The normalized spacial score (nSPS) is 13.2. The zero-order valence-corrected chi connectivity index (χ0v) is 27.6. The minimum absolute atomic E-state index is 0.208. The van der Waals surface area contributed by atoms with E-state index in [1.54, 1.807) is 7.11 Å². The fraction of sp³-hybridized carbons (Fsp3) is 0.556. The maximum absolute atomic E-state index is 13.3. The molecular formula is C36H51N3O5. The molecule has 0 saturated carbocycles. The lowest BCUT2D eigenvalue weighted by Crippen LogP contribution is -2.31. The highest BCUT2D eigenvalue weighted by atomic mass is 16.5. The summed E-state index contributed by atoms with van der Waals surface area (Å²) in [5.41, 5.74) is 6.36. The van der Waals surface area contributed by atoms with Crippen LogP contribution in [0.2, 0.25) is 0 Å². The third-order valence-electron chi connectivity index (χ3n) is 8.14. The van der Waals surface area contributed by atoms with Crippen molar-refractivity contribution >= 4 is 5.91 Å². The SMILES string of the molecule is CCCCOc1cc(OCCCC)c(C(C)C)cc1-c1onc(C(=O)NCC)c1-c1ccc2c(c1)CCN(CCCOC)C2. The molecule has 0 atom stereocenters. The first-order valence-electron chi connectivity index (χ1n) is 16.5. The Morgan fingerprint density at radius 2 is 1.73 bits per heavy atom. The van der Waals surface area contributed by atoms with Crippen molar-refractivity contribution in [2.45, 2.75) is 85.6 Å². The molecule has 0 unspecified atom stereocenters. The molecule has 3 aromatic rings. The van der Waals surface area contributed by atoms with Crippen LogP contribution in [0.4, 0.5) is 0 Å². The number of fused-ring (bicyclic) bond motifs is 1. The van der Waals surface area contributed by atoms with E-state index in [-0.39, 0.29) is 17.5 Å². The van der Waals surface area contributed by atoms with Gasteiger partial charge in [-0.3, -0.25) is 9.69 Å². The molecule has 240 valence electrons. The zero-order valence-electron chi connectivity index (χ0n) is 27.6. The van der Waals surface area contributed by atoms with E-state index >= 15 is 0 Å². The van der Waals surface area contributed by atoms with E-state index in [1.807, 2.05) is 13.0 Å². The van der Waals surface area contributed by atoms with Crippen molar-refractivity contribution in [3.8, 4) is 33.9 Å². The summed E-state index contributed by atoms with van der Waals surface area (Å²) in [6.07, 6.45) is 5.96. The lowest BCUT2D eigenvalue weighted by Gasteiger charge is -2.29. The fourth-order valence-electron chi connectivity index (χ4n) is 5.64. The smallest absolute Gasteiger partial charge is 0.274 e. The first kappa shape index (κ1) is 33.5. The first-order valence-corrected chi connectivity index (χ1v) is 16.5. The minimum atomic E-state index is -0.253. The van der Waals surface area contributed by atoms with E-state index in [9.17, 15) is 4.79 Å². The van der Waals surface area contributed by atoms with E-state index < -0.39 is 0 Å². The molecule has 2 heterocycles. The maximum atomic E-state index is 13.3. The molecule has 0 fully saturated rings. The van der Waals surface area contributed by atoms with Crippen LogP contribution in [0.15, 0.2) is 34.9 Å². The summed E-state index contributed by atoms with van der Waals surface area (Å²) in [5, 5.41) is 7.28. The van der Waals surface area contributed by atoms with Gasteiger partial charge in [0.25, 0.3) is 5.91 Å². The second-order valence-electron chi connectivity index (χ2n) is 11.9. The van der Waals surface area contributed by atoms with Crippen LogP contribution in [-0.4, -0.2) is 62.5 Å². The summed E-state index contributed by atoms with van der Waals surface area (Å²) in [4.78, 5) is 15.8. The minimum Gasteiger partial charge on any atom is -0.493 e. The summed E-state index contributed by atoms with van der Waals surface area (Å²) >= 11 is 0. The quantitative estimate of drug-likeness (QED) is 0.158. The second-order valence-corrected chi connectivity index (χ2v) is 11.9. The molecule has 0 bridgehead atoms. The molecule has 1 aromatic heterocycles. The van der Waals surface area contributed by atoms with Gasteiger partial charge in [0.2, 0.25) is 0 Å². The Bertz CT molecular complexity index is 1370. The van der Waals surface area contributed by atoms with Gasteiger partial charge in [-0.25, -0.2) is 0 Å². The number of aromatic nitrogens is 1. The number of hydrogen-bond acceptors (Lipinski definition) is 7. The molecule has 1 N–H and O–H groups in total. The highest BCUT2D eigenvalue weighted by Crippen LogP contribution is 2.44. The van der Waals surface area contributed by atoms with Gasteiger partial charge in [-0.05, 0) is 66.8 Å². The monoisotopic (exact) mass is 605 g/mol. The first-order chi connectivity index (χ1) is 21.4. The van der Waals surface area contributed by atoms with E-state index in [4.69, 9.17) is 18.7 Å². The molecular weight excluding hydrogens is 554 g/mol.